The Kier molecular flexibility index (Phi) is 4.64. The second kappa shape index (κ2) is 6.44. The average Bonchev–Trinajstić information content (AvgIpc) is 2.88. The molecule has 0 aliphatic carbocycles. The van der Waals surface area contributed by atoms with Gasteiger partial charge < -0.3 is 10.6 Å². The second-order valence-corrected chi connectivity index (χ2v) is 4.91. The highest BCUT2D eigenvalue weighted by atomic mass is 32.1. The van der Waals surface area contributed by atoms with E-state index in [9.17, 15) is 9.59 Å². The molecule has 6 nitrogen and oxygen atoms in total. The molecule has 0 fully saturated rings. The molecule has 2 rings (SSSR count). The molecule has 2 N–H and O–H groups in total. The van der Waals surface area contributed by atoms with Crippen LogP contribution >= 0.6 is 11.3 Å². The molecule has 1 amide bonds. The quantitative estimate of drug-likeness (QED) is 0.755. The maximum absolute atomic E-state index is 12.0. The van der Waals surface area contributed by atoms with Crippen molar-refractivity contribution in [2.24, 2.45) is 0 Å². The third-order valence-corrected chi connectivity index (χ3v) is 3.37. The SMILES string of the molecule is CCCNCCNC(=O)c1cnc2sccn2c1=O. The van der Waals surface area contributed by atoms with Gasteiger partial charge in [-0.15, -0.1) is 11.3 Å². The zero-order valence-corrected chi connectivity index (χ0v) is 11.5. The summed E-state index contributed by atoms with van der Waals surface area (Å²) < 4.78 is 1.38. The second-order valence-electron chi connectivity index (χ2n) is 4.04. The van der Waals surface area contributed by atoms with Gasteiger partial charge in [-0.05, 0) is 13.0 Å². The number of aromatic nitrogens is 2. The highest BCUT2D eigenvalue weighted by Gasteiger charge is 2.12. The Bertz CT molecular complexity index is 619. The molecule has 0 aliphatic heterocycles. The fraction of sp³-hybridized carbons (Fsp3) is 0.417. The lowest BCUT2D eigenvalue weighted by atomic mass is 10.3. The Morgan fingerprint density at radius 3 is 3.05 bits per heavy atom. The molecule has 0 aliphatic rings. The van der Waals surface area contributed by atoms with E-state index in [1.165, 1.54) is 21.9 Å². The summed E-state index contributed by atoms with van der Waals surface area (Å²) in [6.45, 7) is 4.18. The number of hydrogen-bond acceptors (Lipinski definition) is 5. The predicted octanol–water partition coefficient (Wildman–Crippen LogP) is 0.485. The molecule has 0 saturated carbocycles. The van der Waals surface area contributed by atoms with Crippen LogP contribution in [0.3, 0.4) is 0 Å². The molecule has 0 aromatic carbocycles. The molecule has 0 radical (unpaired) electrons. The van der Waals surface area contributed by atoms with Crippen LogP contribution < -0.4 is 16.2 Å². The number of carbonyl (C=O) groups excluding carboxylic acids is 1. The van der Waals surface area contributed by atoms with Crippen LogP contribution in [-0.2, 0) is 0 Å². The number of rotatable bonds is 6. The molecule has 0 spiro atoms. The van der Waals surface area contributed by atoms with Crippen LogP contribution in [0.4, 0.5) is 0 Å². The van der Waals surface area contributed by atoms with Crippen molar-refractivity contribution < 1.29 is 4.79 Å². The first kappa shape index (κ1) is 13.7. The minimum absolute atomic E-state index is 0.0754. The number of amides is 1. The van der Waals surface area contributed by atoms with Crippen molar-refractivity contribution >= 4 is 22.2 Å². The summed E-state index contributed by atoms with van der Waals surface area (Å²) >= 11 is 1.36. The van der Waals surface area contributed by atoms with Crippen LogP contribution in [0.1, 0.15) is 23.7 Å². The number of hydrogen-bond donors (Lipinski definition) is 2. The third kappa shape index (κ3) is 3.18. The lowest BCUT2D eigenvalue weighted by molar-refractivity contribution is 0.0952. The van der Waals surface area contributed by atoms with E-state index in [0.717, 1.165) is 13.0 Å². The molecule has 19 heavy (non-hydrogen) atoms. The summed E-state index contributed by atoms with van der Waals surface area (Å²) in [6, 6.07) is 0. The first-order valence-electron chi connectivity index (χ1n) is 6.18. The fourth-order valence-electron chi connectivity index (χ4n) is 1.64. The standard InChI is InChI=1S/C12H16N4O2S/c1-2-3-13-4-5-14-10(17)9-8-15-12-16(11(9)18)6-7-19-12/h6-8,13H,2-5H2,1H3,(H,14,17). The zero-order chi connectivity index (χ0) is 13.7. The van der Waals surface area contributed by atoms with Gasteiger partial charge in [-0.3, -0.25) is 14.0 Å². The first-order chi connectivity index (χ1) is 9.24. The van der Waals surface area contributed by atoms with Gasteiger partial charge in [0.2, 0.25) is 0 Å². The molecule has 0 atom stereocenters. The minimum Gasteiger partial charge on any atom is -0.351 e. The summed E-state index contributed by atoms with van der Waals surface area (Å²) in [6.07, 6.45) is 4.01. The Morgan fingerprint density at radius 2 is 2.26 bits per heavy atom. The van der Waals surface area contributed by atoms with E-state index in [0.29, 0.717) is 18.1 Å². The van der Waals surface area contributed by atoms with E-state index in [4.69, 9.17) is 0 Å². The van der Waals surface area contributed by atoms with Gasteiger partial charge in [0.15, 0.2) is 4.96 Å². The van der Waals surface area contributed by atoms with Gasteiger partial charge >= 0.3 is 0 Å². The van der Waals surface area contributed by atoms with Crippen LogP contribution in [-0.4, -0.2) is 34.9 Å². The topological polar surface area (TPSA) is 75.5 Å². The number of thiazole rings is 1. The third-order valence-electron chi connectivity index (χ3n) is 2.60. The van der Waals surface area contributed by atoms with Gasteiger partial charge in [-0.25, -0.2) is 4.98 Å². The van der Waals surface area contributed by atoms with Crippen LogP contribution in [0.2, 0.25) is 0 Å². The number of nitrogens with one attached hydrogen (secondary N) is 2. The van der Waals surface area contributed by atoms with E-state index in [1.807, 2.05) is 0 Å². The predicted molar refractivity (Wildman–Crippen MR) is 74.8 cm³/mol. The van der Waals surface area contributed by atoms with Gasteiger partial charge in [-0.1, -0.05) is 6.92 Å². The maximum atomic E-state index is 12.0. The molecule has 2 heterocycles. The van der Waals surface area contributed by atoms with Crippen molar-refractivity contribution in [2.45, 2.75) is 13.3 Å². The summed E-state index contributed by atoms with van der Waals surface area (Å²) in [5, 5.41) is 7.64. The van der Waals surface area contributed by atoms with Gasteiger partial charge in [0.1, 0.15) is 5.56 Å². The van der Waals surface area contributed by atoms with Crippen LogP contribution in [0.15, 0.2) is 22.6 Å². The van der Waals surface area contributed by atoms with Crippen molar-refractivity contribution in [3.05, 3.63) is 33.7 Å². The zero-order valence-electron chi connectivity index (χ0n) is 10.7. The molecule has 7 heteroatoms. The summed E-state index contributed by atoms with van der Waals surface area (Å²) in [7, 11) is 0. The minimum atomic E-state index is -0.378. The Labute approximate surface area is 114 Å². The van der Waals surface area contributed by atoms with Gasteiger partial charge in [0, 0.05) is 30.9 Å². The van der Waals surface area contributed by atoms with Crippen molar-refractivity contribution in [1.29, 1.82) is 0 Å². The summed E-state index contributed by atoms with van der Waals surface area (Å²) in [4.78, 5) is 28.6. The van der Waals surface area contributed by atoms with Crippen molar-refractivity contribution in [3.63, 3.8) is 0 Å². The lowest BCUT2D eigenvalue weighted by Gasteiger charge is -2.05. The maximum Gasteiger partial charge on any atom is 0.271 e. The van der Waals surface area contributed by atoms with Gasteiger partial charge in [0.05, 0.1) is 0 Å². The molecular weight excluding hydrogens is 264 g/mol. The van der Waals surface area contributed by atoms with E-state index >= 15 is 0 Å². The molecule has 2 aromatic rings. The lowest BCUT2D eigenvalue weighted by Crippen LogP contribution is -2.35. The van der Waals surface area contributed by atoms with Crippen molar-refractivity contribution in [2.75, 3.05) is 19.6 Å². The molecular formula is C12H16N4O2S. The van der Waals surface area contributed by atoms with Crippen LogP contribution in [0.5, 0.6) is 0 Å². The number of nitrogens with zero attached hydrogens (tertiary/aromatic N) is 2. The highest BCUT2D eigenvalue weighted by molar-refractivity contribution is 7.15. The molecule has 2 aromatic heterocycles. The van der Waals surface area contributed by atoms with E-state index in [1.54, 1.807) is 11.6 Å². The normalized spacial score (nSPS) is 10.8. The number of fused-ring (bicyclic) bond motifs is 1. The fourth-order valence-corrected chi connectivity index (χ4v) is 2.32. The smallest absolute Gasteiger partial charge is 0.271 e. The molecule has 0 unspecified atom stereocenters. The van der Waals surface area contributed by atoms with E-state index in [2.05, 4.69) is 22.5 Å². The van der Waals surface area contributed by atoms with Crippen molar-refractivity contribution in [3.8, 4) is 0 Å². The molecule has 0 saturated heterocycles. The first-order valence-corrected chi connectivity index (χ1v) is 7.05. The van der Waals surface area contributed by atoms with Crippen LogP contribution in [0.25, 0.3) is 4.96 Å². The summed E-state index contributed by atoms with van der Waals surface area (Å²) in [5.74, 6) is -0.378. The average molecular weight is 280 g/mol. The van der Waals surface area contributed by atoms with Crippen LogP contribution in [0, 0.1) is 0 Å². The number of carbonyl (C=O) groups is 1. The van der Waals surface area contributed by atoms with E-state index in [-0.39, 0.29) is 17.0 Å². The largest absolute Gasteiger partial charge is 0.351 e. The van der Waals surface area contributed by atoms with Gasteiger partial charge in [0.25, 0.3) is 11.5 Å². The Balaban J connectivity index is 2.01. The Hall–Kier alpha value is -1.73. The Morgan fingerprint density at radius 1 is 1.42 bits per heavy atom. The molecule has 102 valence electrons. The van der Waals surface area contributed by atoms with Crippen molar-refractivity contribution in [1.82, 2.24) is 20.0 Å². The highest BCUT2D eigenvalue weighted by Crippen LogP contribution is 2.05. The monoisotopic (exact) mass is 280 g/mol. The van der Waals surface area contributed by atoms with E-state index < -0.39 is 0 Å². The van der Waals surface area contributed by atoms with Gasteiger partial charge in [-0.2, -0.15) is 0 Å². The summed E-state index contributed by atoms with van der Waals surface area (Å²) in [5.41, 5.74) is -0.253. The molecule has 0 bridgehead atoms.